The van der Waals surface area contributed by atoms with Gasteiger partial charge in [0.1, 0.15) is 12.4 Å². The van der Waals surface area contributed by atoms with Crippen molar-refractivity contribution in [2.75, 3.05) is 12.8 Å². The Kier molecular flexibility index (Phi) is 4.99. The first-order chi connectivity index (χ1) is 10.2. The molecular weight excluding hydrogens is 266 g/mol. The molecule has 2 rings (SSSR count). The van der Waals surface area contributed by atoms with Gasteiger partial charge in [0.25, 0.3) is 0 Å². The summed E-state index contributed by atoms with van der Waals surface area (Å²) < 4.78 is 10.3. The molecule has 0 radical (unpaired) electrons. The number of esters is 1. The van der Waals surface area contributed by atoms with Crippen LogP contribution in [0.5, 0.6) is 5.75 Å². The first kappa shape index (κ1) is 14.7. The minimum absolute atomic E-state index is 0.210. The highest BCUT2D eigenvalue weighted by atomic mass is 16.5. The fourth-order valence-corrected chi connectivity index (χ4v) is 1.74. The molecule has 4 heteroatoms. The maximum atomic E-state index is 11.6. The zero-order valence-electron chi connectivity index (χ0n) is 11.8. The van der Waals surface area contributed by atoms with Crippen LogP contribution in [0.2, 0.25) is 0 Å². The van der Waals surface area contributed by atoms with E-state index in [1.165, 1.54) is 6.08 Å². The van der Waals surface area contributed by atoms with Crippen LogP contribution in [0.15, 0.2) is 54.6 Å². The van der Waals surface area contributed by atoms with Gasteiger partial charge in [-0.2, -0.15) is 0 Å². The Morgan fingerprint density at radius 1 is 1.19 bits per heavy atom. The molecule has 0 aliphatic rings. The molecule has 0 heterocycles. The molecule has 0 unspecified atom stereocenters. The van der Waals surface area contributed by atoms with Crippen LogP contribution >= 0.6 is 0 Å². The van der Waals surface area contributed by atoms with Crippen LogP contribution in [0.4, 0.5) is 5.69 Å². The van der Waals surface area contributed by atoms with E-state index in [1.54, 1.807) is 25.3 Å². The first-order valence-corrected chi connectivity index (χ1v) is 6.50. The summed E-state index contributed by atoms with van der Waals surface area (Å²) in [6.07, 6.45) is 3.08. The summed E-state index contributed by atoms with van der Waals surface area (Å²) in [7, 11) is 1.60. The summed E-state index contributed by atoms with van der Waals surface area (Å²) in [5, 5.41) is 0. The Morgan fingerprint density at radius 2 is 1.95 bits per heavy atom. The number of hydrogen-bond donors (Lipinski definition) is 1. The van der Waals surface area contributed by atoms with Crippen LogP contribution in [-0.2, 0) is 16.1 Å². The van der Waals surface area contributed by atoms with Gasteiger partial charge in [0, 0.05) is 11.8 Å². The third kappa shape index (κ3) is 4.69. The number of anilines is 1. The number of ether oxygens (including phenoxy) is 2. The van der Waals surface area contributed by atoms with Gasteiger partial charge >= 0.3 is 5.97 Å². The molecule has 4 nitrogen and oxygen atoms in total. The molecule has 108 valence electrons. The Hall–Kier alpha value is -2.75. The molecule has 0 aliphatic carbocycles. The molecule has 0 amide bonds. The maximum Gasteiger partial charge on any atom is 0.331 e. The second kappa shape index (κ2) is 7.14. The maximum absolute atomic E-state index is 11.6. The Labute approximate surface area is 123 Å². The largest absolute Gasteiger partial charge is 0.497 e. The fraction of sp³-hybridized carbons (Fsp3) is 0.118. The van der Waals surface area contributed by atoms with Crippen molar-refractivity contribution in [2.45, 2.75) is 6.61 Å². The number of benzene rings is 2. The van der Waals surface area contributed by atoms with Crippen molar-refractivity contribution >= 4 is 17.7 Å². The second-order valence-corrected chi connectivity index (χ2v) is 4.46. The molecule has 2 aromatic rings. The number of methoxy groups -OCH3 is 1. The highest BCUT2D eigenvalue weighted by molar-refractivity contribution is 5.87. The van der Waals surface area contributed by atoms with E-state index < -0.39 is 5.97 Å². The average molecular weight is 283 g/mol. The molecule has 0 saturated carbocycles. The quantitative estimate of drug-likeness (QED) is 0.520. The highest BCUT2D eigenvalue weighted by Gasteiger charge is 2.00. The van der Waals surface area contributed by atoms with Crippen LogP contribution in [0.1, 0.15) is 11.1 Å². The Bertz CT molecular complexity index is 633. The van der Waals surface area contributed by atoms with Gasteiger partial charge in [0.2, 0.25) is 0 Å². The van der Waals surface area contributed by atoms with Gasteiger partial charge in [-0.3, -0.25) is 0 Å². The van der Waals surface area contributed by atoms with Gasteiger partial charge in [-0.05, 0) is 41.5 Å². The minimum atomic E-state index is -0.394. The van der Waals surface area contributed by atoms with E-state index in [0.717, 1.165) is 16.9 Å². The lowest BCUT2D eigenvalue weighted by atomic mass is 10.2. The molecule has 0 aromatic heterocycles. The van der Waals surface area contributed by atoms with Crippen molar-refractivity contribution in [3.63, 3.8) is 0 Å². The van der Waals surface area contributed by atoms with Crippen molar-refractivity contribution in [1.29, 1.82) is 0 Å². The lowest BCUT2D eigenvalue weighted by Gasteiger charge is -2.04. The molecule has 2 aromatic carbocycles. The summed E-state index contributed by atoms with van der Waals surface area (Å²) in [6.45, 7) is 0.210. The molecule has 0 aliphatic heterocycles. The van der Waals surface area contributed by atoms with Crippen molar-refractivity contribution in [2.24, 2.45) is 0 Å². The summed E-state index contributed by atoms with van der Waals surface area (Å²) in [5.74, 6) is 0.343. The van der Waals surface area contributed by atoms with E-state index in [-0.39, 0.29) is 6.61 Å². The molecule has 0 fully saturated rings. The topological polar surface area (TPSA) is 61.5 Å². The van der Waals surface area contributed by atoms with Gasteiger partial charge in [-0.15, -0.1) is 0 Å². The summed E-state index contributed by atoms with van der Waals surface area (Å²) >= 11 is 0. The van der Waals surface area contributed by atoms with E-state index in [9.17, 15) is 4.79 Å². The predicted molar refractivity (Wildman–Crippen MR) is 82.7 cm³/mol. The predicted octanol–water partition coefficient (Wildman–Crippen LogP) is 3.03. The van der Waals surface area contributed by atoms with E-state index in [2.05, 4.69) is 0 Å². The zero-order valence-corrected chi connectivity index (χ0v) is 11.8. The number of hydrogen-bond acceptors (Lipinski definition) is 4. The summed E-state index contributed by atoms with van der Waals surface area (Å²) in [6, 6.07) is 14.6. The third-order valence-electron chi connectivity index (χ3n) is 2.86. The normalized spacial score (nSPS) is 10.5. The summed E-state index contributed by atoms with van der Waals surface area (Å²) in [4.78, 5) is 11.6. The average Bonchev–Trinajstić information content (AvgIpc) is 2.52. The number of nitrogens with two attached hydrogens (primary N) is 1. The molecule has 2 N–H and O–H groups in total. The van der Waals surface area contributed by atoms with E-state index in [4.69, 9.17) is 15.2 Å². The smallest absolute Gasteiger partial charge is 0.331 e. The number of rotatable bonds is 5. The molecule has 0 atom stereocenters. The number of carbonyl (C=O) groups is 1. The number of nitrogen functional groups attached to an aromatic ring is 1. The van der Waals surface area contributed by atoms with Crippen LogP contribution in [0.25, 0.3) is 6.08 Å². The van der Waals surface area contributed by atoms with Gasteiger partial charge < -0.3 is 15.2 Å². The minimum Gasteiger partial charge on any atom is -0.497 e. The molecule has 21 heavy (non-hydrogen) atoms. The van der Waals surface area contributed by atoms with Crippen LogP contribution in [0.3, 0.4) is 0 Å². The standard InChI is InChI=1S/C17H17NO3/c1-20-16-4-2-3-14(11-16)12-21-17(19)10-7-13-5-8-15(18)9-6-13/h2-11H,12,18H2,1H3/b10-7+. The monoisotopic (exact) mass is 283 g/mol. The third-order valence-corrected chi connectivity index (χ3v) is 2.86. The zero-order chi connectivity index (χ0) is 15.1. The first-order valence-electron chi connectivity index (χ1n) is 6.50. The van der Waals surface area contributed by atoms with Crippen LogP contribution in [-0.4, -0.2) is 13.1 Å². The molecule has 0 saturated heterocycles. The van der Waals surface area contributed by atoms with Gasteiger partial charge in [-0.25, -0.2) is 4.79 Å². The van der Waals surface area contributed by atoms with Crippen molar-refractivity contribution in [3.05, 3.63) is 65.7 Å². The Balaban J connectivity index is 1.88. The molecule has 0 bridgehead atoms. The lowest BCUT2D eigenvalue weighted by Crippen LogP contribution is -2.00. The van der Waals surface area contributed by atoms with Crippen LogP contribution < -0.4 is 10.5 Å². The number of carbonyl (C=O) groups excluding carboxylic acids is 1. The highest BCUT2D eigenvalue weighted by Crippen LogP contribution is 2.13. The van der Waals surface area contributed by atoms with Crippen molar-refractivity contribution in [1.82, 2.24) is 0 Å². The van der Waals surface area contributed by atoms with E-state index in [1.807, 2.05) is 36.4 Å². The summed E-state index contributed by atoms with van der Waals surface area (Å²) in [5.41, 5.74) is 8.05. The van der Waals surface area contributed by atoms with Crippen molar-refractivity contribution in [3.8, 4) is 5.75 Å². The fourth-order valence-electron chi connectivity index (χ4n) is 1.74. The Morgan fingerprint density at radius 3 is 2.67 bits per heavy atom. The van der Waals surface area contributed by atoms with Gasteiger partial charge in [0.15, 0.2) is 0 Å². The van der Waals surface area contributed by atoms with Crippen LogP contribution in [0, 0.1) is 0 Å². The lowest BCUT2D eigenvalue weighted by molar-refractivity contribution is -0.138. The molecular formula is C17H17NO3. The van der Waals surface area contributed by atoms with E-state index >= 15 is 0 Å². The molecule has 0 spiro atoms. The SMILES string of the molecule is COc1cccc(COC(=O)/C=C/c2ccc(N)cc2)c1. The van der Waals surface area contributed by atoms with Gasteiger partial charge in [0.05, 0.1) is 7.11 Å². The van der Waals surface area contributed by atoms with Gasteiger partial charge in [-0.1, -0.05) is 24.3 Å². The van der Waals surface area contributed by atoms with Crippen molar-refractivity contribution < 1.29 is 14.3 Å². The second-order valence-electron chi connectivity index (χ2n) is 4.46. The van der Waals surface area contributed by atoms with E-state index in [0.29, 0.717) is 5.69 Å².